The second kappa shape index (κ2) is 7.85. The molecule has 33 heavy (non-hydrogen) atoms. The third-order valence-electron chi connectivity index (χ3n) is 6.34. The van der Waals surface area contributed by atoms with Crippen molar-refractivity contribution in [2.24, 2.45) is 0 Å². The number of aromatic carboxylic acids is 1. The first-order valence-electron chi connectivity index (χ1n) is 10.7. The second-order valence-corrected chi connectivity index (χ2v) is 8.35. The maximum Gasteiger partial charge on any atom is 0.335 e. The average molecular weight is 447 g/mol. The lowest BCUT2D eigenvalue weighted by Crippen LogP contribution is -2.27. The lowest BCUT2D eigenvalue weighted by atomic mass is 9.94. The fourth-order valence-electron chi connectivity index (χ4n) is 4.26. The van der Waals surface area contributed by atoms with Crippen LogP contribution < -0.4 is 19.5 Å². The number of hydrogen-bond acceptors (Lipinski definition) is 5. The Morgan fingerprint density at radius 3 is 2.52 bits per heavy atom. The molecule has 0 spiro atoms. The molecule has 3 aromatic rings. The molecule has 1 aliphatic heterocycles. The minimum atomic E-state index is -1.01. The Hall–Kier alpha value is -4.00. The Bertz CT molecular complexity index is 1280. The summed E-state index contributed by atoms with van der Waals surface area (Å²) < 4.78 is 16.3. The summed E-state index contributed by atoms with van der Waals surface area (Å²) in [6, 6.07) is 16.0. The molecule has 1 heterocycles. The third kappa shape index (κ3) is 3.65. The second-order valence-electron chi connectivity index (χ2n) is 8.35. The SMILES string of the molecule is COc1ccc(C(=O)O)cc1-c1cc(NC(=O)C2(c3ccc4c(c3)OCO4)CC2)ccc1C.[HH]. The van der Waals surface area contributed by atoms with Gasteiger partial charge in [-0.2, -0.15) is 0 Å². The number of hydrogen-bond donors (Lipinski definition) is 2. The summed E-state index contributed by atoms with van der Waals surface area (Å²) in [5, 5.41) is 12.5. The number of carboxylic acids is 1. The monoisotopic (exact) mass is 447 g/mol. The van der Waals surface area contributed by atoms with Crippen LogP contribution in [0.4, 0.5) is 5.69 Å². The molecule has 1 amide bonds. The summed E-state index contributed by atoms with van der Waals surface area (Å²) in [4.78, 5) is 24.8. The number of carboxylic acid groups (broad SMARTS) is 1. The van der Waals surface area contributed by atoms with Gasteiger partial charge in [-0.3, -0.25) is 4.79 Å². The van der Waals surface area contributed by atoms with Crippen LogP contribution in [0.3, 0.4) is 0 Å². The number of anilines is 1. The van der Waals surface area contributed by atoms with Crippen LogP contribution in [-0.4, -0.2) is 30.9 Å². The molecule has 0 aromatic heterocycles. The summed E-state index contributed by atoms with van der Waals surface area (Å²) in [6.45, 7) is 2.12. The Labute approximate surface area is 192 Å². The van der Waals surface area contributed by atoms with Crippen LogP contribution in [0.5, 0.6) is 17.2 Å². The molecule has 2 N–H and O–H groups in total. The number of ether oxygens (including phenoxy) is 3. The average Bonchev–Trinajstić information content (AvgIpc) is 3.50. The number of amides is 1. The Balaban J connectivity index is 0.00000274. The number of benzene rings is 3. The van der Waals surface area contributed by atoms with E-state index >= 15 is 0 Å². The van der Waals surface area contributed by atoms with Crippen molar-refractivity contribution in [1.82, 2.24) is 0 Å². The Kier molecular flexibility index (Phi) is 4.96. The number of carbonyl (C=O) groups excluding carboxylic acids is 1. The molecule has 2 aliphatic rings. The Morgan fingerprint density at radius 2 is 1.79 bits per heavy atom. The van der Waals surface area contributed by atoms with Crippen LogP contribution in [0.15, 0.2) is 54.6 Å². The van der Waals surface area contributed by atoms with E-state index in [1.165, 1.54) is 6.07 Å². The quantitative estimate of drug-likeness (QED) is 0.551. The molecule has 0 radical (unpaired) electrons. The van der Waals surface area contributed by atoms with E-state index < -0.39 is 11.4 Å². The molecule has 1 saturated carbocycles. The molecular weight excluding hydrogens is 422 g/mol. The zero-order valence-corrected chi connectivity index (χ0v) is 18.3. The van der Waals surface area contributed by atoms with E-state index in [0.717, 1.165) is 29.5 Å². The number of carbonyl (C=O) groups is 2. The van der Waals surface area contributed by atoms with Crippen LogP contribution in [0.1, 0.15) is 35.8 Å². The van der Waals surface area contributed by atoms with E-state index in [-0.39, 0.29) is 19.7 Å². The number of fused-ring (bicyclic) bond motifs is 1. The Morgan fingerprint density at radius 1 is 1.00 bits per heavy atom. The van der Waals surface area contributed by atoms with Crippen LogP contribution in [0.25, 0.3) is 11.1 Å². The normalized spacial score (nSPS) is 15.1. The molecule has 0 saturated heterocycles. The number of aryl methyl sites for hydroxylation is 1. The zero-order chi connectivity index (χ0) is 23.2. The van der Waals surface area contributed by atoms with Gasteiger partial charge in [0.25, 0.3) is 0 Å². The highest BCUT2D eigenvalue weighted by Gasteiger charge is 2.51. The molecular formula is C26H25NO6. The molecule has 3 aromatic carbocycles. The van der Waals surface area contributed by atoms with Crippen molar-refractivity contribution in [1.29, 1.82) is 0 Å². The van der Waals surface area contributed by atoms with E-state index in [4.69, 9.17) is 14.2 Å². The smallest absolute Gasteiger partial charge is 0.335 e. The van der Waals surface area contributed by atoms with Crippen molar-refractivity contribution < 1.29 is 30.3 Å². The predicted molar refractivity (Wildman–Crippen MR) is 124 cm³/mol. The third-order valence-corrected chi connectivity index (χ3v) is 6.34. The van der Waals surface area contributed by atoms with Crippen LogP contribution in [0.2, 0.25) is 0 Å². The standard InChI is InChI=1S/C26H23NO6.H2/c1-15-3-6-18(13-19(15)20-11-16(24(28)29)4-7-21(20)31-2)27-25(30)26(9-10-26)17-5-8-22-23(12-17)33-14-32-22;/h3-8,11-13H,9-10,14H2,1-2H3,(H,27,30)(H,28,29);1H. The van der Waals surface area contributed by atoms with Crippen molar-refractivity contribution in [3.8, 4) is 28.4 Å². The minimum Gasteiger partial charge on any atom is -0.496 e. The van der Waals surface area contributed by atoms with Crippen molar-refractivity contribution >= 4 is 17.6 Å². The fourth-order valence-corrected chi connectivity index (χ4v) is 4.26. The van der Waals surface area contributed by atoms with Crippen LogP contribution in [0, 0.1) is 6.92 Å². The van der Waals surface area contributed by atoms with Crippen molar-refractivity contribution in [2.75, 3.05) is 19.2 Å². The lowest BCUT2D eigenvalue weighted by Gasteiger charge is -2.18. The summed E-state index contributed by atoms with van der Waals surface area (Å²) in [5.74, 6) is 0.818. The molecule has 5 rings (SSSR count). The molecule has 1 aliphatic carbocycles. The van der Waals surface area contributed by atoms with Gasteiger partial charge in [-0.1, -0.05) is 12.1 Å². The lowest BCUT2D eigenvalue weighted by molar-refractivity contribution is -0.118. The summed E-state index contributed by atoms with van der Waals surface area (Å²) >= 11 is 0. The number of rotatable bonds is 6. The van der Waals surface area contributed by atoms with Crippen molar-refractivity contribution in [2.45, 2.75) is 25.2 Å². The van der Waals surface area contributed by atoms with E-state index in [0.29, 0.717) is 28.5 Å². The van der Waals surface area contributed by atoms with Gasteiger partial charge in [-0.25, -0.2) is 4.79 Å². The van der Waals surface area contributed by atoms with Gasteiger partial charge in [0.2, 0.25) is 12.7 Å². The molecule has 1 fully saturated rings. The fraction of sp³-hybridized carbons (Fsp3) is 0.231. The van der Waals surface area contributed by atoms with Crippen molar-refractivity contribution in [3.05, 3.63) is 71.3 Å². The predicted octanol–water partition coefficient (Wildman–Crippen LogP) is 5.01. The number of nitrogens with one attached hydrogen (secondary N) is 1. The molecule has 7 heteroatoms. The topological polar surface area (TPSA) is 94.1 Å². The highest BCUT2D eigenvalue weighted by atomic mass is 16.7. The van der Waals surface area contributed by atoms with E-state index in [1.807, 2.05) is 43.3 Å². The first-order chi connectivity index (χ1) is 15.9. The maximum atomic E-state index is 13.3. The minimum absolute atomic E-state index is 0. The maximum absolute atomic E-state index is 13.3. The van der Waals surface area contributed by atoms with Gasteiger partial charge in [-0.05, 0) is 78.9 Å². The summed E-state index contributed by atoms with van der Waals surface area (Å²) in [6.07, 6.45) is 1.51. The molecule has 0 unspecified atom stereocenters. The van der Waals surface area contributed by atoms with E-state index in [9.17, 15) is 14.7 Å². The molecule has 7 nitrogen and oxygen atoms in total. The van der Waals surface area contributed by atoms with E-state index in [1.54, 1.807) is 19.2 Å². The van der Waals surface area contributed by atoms with Crippen LogP contribution in [-0.2, 0) is 10.2 Å². The van der Waals surface area contributed by atoms with Gasteiger partial charge in [0.05, 0.1) is 18.1 Å². The largest absolute Gasteiger partial charge is 0.496 e. The van der Waals surface area contributed by atoms with E-state index in [2.05, 4.69) is 5.32 Å². The molecule has 170 valence electrons. The van der Waals surface area contributed by atoms with Gasteiger partial charge >= 0.3 is 5.97 Å². The first kappa shape index (κ1) is 20.9. The molecule has 0 bridgehead atoms. The first-order valence-corrected chi connectivity index (χ1v) is 10.7. The zero-order valence-electron chi connectivity index (χ0n) is 18.3. The summed E-state index contributed by atoms with van der Waals surface area (Å²) in [7, 11) is 1.54. The highest BCUT2D eigenvalue weighted by molar-refractivity contribution is 6.02. The van der Waals surface area contributed by atoms with Gasteiger partial charge in [-0.15, -0.1) is 0 Å². The van der Waals surface area contributed by atoms with Gasteiger partial charge in [0.15, 0.2) is 11.5 Å². The molecule has 0 atom stereocenters. The highest BCUT2D eigenvalue weighted by Crippen LogP contribution is 2.51. The van der Waals surface area contributed by atoms with Gasteiger partial charge in [0.1, 0.15) is 5.75 Å². The van der Waals surface area contributed by atoms with Crippen molar-refractivity contribution in [3.63, 3.8) is 0 Å². The van der Waals surface area contributed by atoms with Gasteiger partial charge in [0, 0.05) is 12.7 Å². The number of methoxy groups -OCH3 is 1. The summed E-state index contributed by atoms with van der Waals surface area (Å²) in [5.41, 5.74) is 3.50. The van der Waals surface area contributed by atoms with Crippen LogP contribution >= 0.6 is 0 Å². The van der Waals surface area contributed by atoms with Gasteiger partial charge < -0.3 is 24.6 Å².